The molecule has 3 heterocycles. The lowest BCUT2D eigenvalue weighted by Crippen LogP contribution is -2.18. The quantitative estimate of drug-likeness (QED) is 0.771. The number of pyridine rings is 1. The molecule has 0 atom stereocenters. The zero-order valence-corrected chi connectivity index (χ0v) is 12.1. The predicted molar refractivity (Wildman–Crippen MR) is 82.5 cm³/mol. The minimum absolute atomic E-state index is 0.559. The van der Waals surface area contributed by atoms with Crippen molar-refractivity contribution in [2.45, 2.75) is 19.8 Å². The number of aromatic nitrogens is 3. The average molecular weight is 274 g/mol. The number of H-pyrrole nitrogens is 1. The number of hydrogen-bond donors (Lipinski definition) is 3. The summed E-state index contributed by atoms with van der Waals surface area (Å²) in [5, 5.41) is 7.02. The van der Waals surface area contributed by atoms with Crippen molar-refractivity contribution in [2.24, 2.45) is 5.73 Å². The molecule has 108 valence electrons. The zero-order chi connectivity index (χ0) is 14.5. The SMILES string of the molecule is CN.Cc1cn[nH]c1-c1cc(N2CCCC2)cc(N)n1. The van der Waals surface area contributed by atoms with Crippen LogP contribution in [0.5, 0.6) is 0 Å². The van der Waals surface area contributed by atoms with Crippen molar-refractivity contribution < 1.29 is 0 Å². The van der Waals surface area contributed by atoms with Crippen molar-refractivity contribution in [1.82, 2.24) is 15.2 Å². The lowest BCUT2D eigenvalue weighted by atomic mass is 10.2. The highest BCUT2D eigenvalue weighted by atomic mass is 15.2. The number of aromatic amines is 1. The first-order valence-electron chi connectivity index (χ1n) is 6.84. The monoisotopic (exact) mass is 274 g/mol. The van der Waals surface area contributed by atoms with E-state index in [0.717, 1.165) is 35.7 Å². The second kappa shape index (κ2) is 6.38. The third-order valence-corrected chi connectivity index (χ3v) is 3.39. The van der Waals surface area contributed by atoms with E-state index in [-0.39, 0.29) is 0 Å². The van der Waals surface area contributed by atoms with Gasteiger partial charge in [0.15, 0.2) is 0 Å². The first-order valence-corrected chi connectivity index (χ1v) is 6.84. The Hall–Kier alpha value is -2.08. The molecule has 1 saturated heterocycles. The van der Waals surface area contributed by atoms with E-state index in [0.29, 0.717) is 5.82 Å². The van der Waals surface area contributed by atoms with Gasteiger partial charge in [0.25, 0.3) is 0 Å². The Labute approximate surface area is 119 Å². The Morgan fingerprint density at radius 3 is 2.50 bits per heavy atom. The first-order chi connectivity index (χ1) is 9.74. The Morgan fingerprint density at radius 1 is 1.20 bits per heavy atom. The van der Waals surface area contributed by atoms with Crippen LogP contribution in [0.3, 0.4) is 0 Å². The van der Waals surface area contributed by atoms with Crippen LogP contribution in [-0.4, -0.2) is 35.3 Å². The minimum Gasteiger partial charge on any atom is -0.384 e. The Morgan fingerprint density at radius 2 is 1.90 bits per heavy atom. The Bertz CT molecular complexity index is 557. The van der Waals surface area contributed by atoms with Crippen molar-refractivity contribution in [3.8, 4) is 11.4 Å². The van der Waals surface area contributed by atoms with E-state index < -0.39 is 0 Å². The molecule has 0 spiro atoms. The van der Waals surface area contributed by atoms with E-state index in [4.69, 9.17) is 5.73 Å². The highest BCUT2D eigenvalue weighted by molar-refractivity contribution is 5.67. The topological polar surface area (TPSA) is 96.8 Å². The van der Waals surface area contributed by atoms with E-state index in [2.05, 4.69) is 31.9 Å². The molecule has 5 N–H and O–H groups in total. The lowest BCUT2D eigenvalue weighted by Gasteiger charge is -2.18. The third kappa shape index (κ3) is 2.91. The molecule has 0 amide bonds. The molecular weight excluding hydrogens is 252 g/mol. The normalized spacial score (nSPS) is 14.1. The van der Waals surface area contributed by atoms with Gasteiger partial charge >= 0.3 is 0 Å². The molecule has 1 fully saturated rings. The van der Waals surface area contributed by atoms with Gasteiger partial charge in [0.1, 0.15) is 5.82 Å². The van der Waals surface area contributed by atoms with E-state index in [9.17, 15) is 0 Å². The van der Waals surface area contributed by atoms with Gasteiger partial charge in [-0.15, -0.1) is 0 Å². The second-order valence-electron chi connectivity index (χ2n) is 4.76. The molecule has 0 saturated carbocycles. The zero-order valence-electron chi connectivity index (χ0n) is 12.1. The maximum absolute atomic E-state index is 5.91. The molecule has 0 aliphatic carbocycles. The van der Waals surface area contributed by atoms with E-state index in [1.807, 2.05) is 13.0 Å². The van der Waals surface area contributed by atoms with Crippen LogP contribution in [0.25, 0.3) is 11.4 Å². The fourth-order valence-electron chi connectivity index (χ4n) is 2.43. The summed E-state index contributed by atoms with van der Waals surface area (Å²) in [6, 6.07) is 4.03. The van der Waals surface area contributed by atoms with E-state index in [1.54, 1.807) is 6.20 Å². The van der Waals surface area contributed by atoms with Gasteiger partial charge in [-0.05, 0) is 38.4 Å². The summed E-state index contributed by atoms with van der Waals surface area (Å²) in [5.41, 5.74) is 14.5. The standard InChI is InChI=1S/C13H17N5.CH5N/c1-9-8-15-17-13(9)11-6-10(7-12(14)16-11)18-4-2-3-5-18;1-2/h6-8H,2-5H2,1H3,(H2,14,16)(H,15,17);2H2,1H3. The molecule has 0 bridgehead atoms. The Balaban J connectivity index is 0.000000704. The largest absolute Gasteiger partial charge is 0.384 e. The van der Waals surface area contributed by atoms with Crippen molar-refractivity contribution in [3.05, 3.63) is 23.9 Å². The molecule has 0 radical (unpaired) electrons. The summed E-state index contributed by atoms with van der Waals surface area (Å²) in [6.07, 6.45) is 4.30. The summed E-state index contributed by atoms with van der Waals surface area (Å²) < 4.78 is 0. The number of nitrogens with zero attached hydrogens (tertiary/aromatic N) is 3. The maximum Gasteiger partial charge on any atom is 0.126 e. The molecule has 20 heavy (non-hydrogen) atoms. The molecule has 6 nitrogen and oxygen atoms in total. The van der Waals surface area contributed by atoms with Crippen molar-refractivity contribution >= 4 is 11.5 Å². The fourth-order valence-corrected chi connectivity index (χ4v) is 2.43. The Kier molecular flexibility index (Phi) is 4.57. The number of anilines is 2. The number of nitrogen functional groups attached to an aromatic ring is 1. The average Bonchev–Trinajstić information content (AvgIpc) is 3.11. The number of nitrogens with two attached hydrogens (primary N) is 2. The summed E-state index contributed by atoms with van der Waals surface area (Å²) >= 11 is 0. The first kappa shape index (κ1) is 14.3. The predicted octanol–water partition coefficient (Wildman–Crippen LogP) is 1.54. The number of rotatable bonds is 2. The van der Waals surface area contributed by atoms with Gasteiger partial charge in [0.05, 0.1) is 17.6 Å². The fraction of sp³-hybridized carbons (Fsp3) is 0.429. The lowest BCUT2D eigenvalue weighted by molar-refractivity contribution is 0.949. The van der Waals surface area contributed by atoms with Crippen molar-refractivity contribution in [2.75, 3.05) is 30.8 Å². The van der Waals surface area contributed by atoms with Crippen LogP contribution in [0.15, 0.2) is 18.3 Å². The van der Waals surface area contributed by atoms with Crippen LogP contribution in [0.1, 0.15) is 18.4 Å². The van der Waals surface area contributed by atoms with Crippen molar-refractivity contribution in [1.29, 1.82) is 0 Å². The molecular formula is C14H22N6. The van der Waals surface area contributed by atoms with Crippen LogP contribution in [0.2, 0.25) is 0 Å². The van der Waals surface area contributed by atoms with Gasteiger partial charge in [-0.25, -0.2) is 4.98 Å². The summed E-state index contributed by atoms with van der Waals surface area (Å²) in [5.74, 6) is 0.559. The van der Waals surface area contributed by atoms with Gasteiger partial charge in [-0.2, -0.15) is 5.10 Å². The smallest absolute Gasteiger partial charge is 0.126 e. The summed E-state index contributed by atoms with van der Waals surface area (Å²) in [7, 11) is 1.50. The van der Waals surface area contributed by atoms with Gasteiger partial charge in [0.2, 0.25) is 0 Å². The van der Waals surface area contributed by atoms with Gasteiger partial charge in [-0.3, -0.25) is 5.10 Å². The molecule has 2 aromatic rings. The number of hydrogen-bond acceptors (Lipinski definition) is 5. The number of nitrogens with one attached hydrogen (secondary N) is 1. The van der Waals surface area contributed by atoms with E-state index >= 15 is 0 Å². The third-order valence-electron chi connectivity index (χ3n) is 3.39. The highest BCUT2D eigenvalue weighted by Gasteiger charge is 2.15. The second-order valence-corrected chi connectivity index (χ2v) is 4.76. The summed E-state index contributed by atoms with van der Waals surface area (Å²) in [6.45, 7) is 4.22. The van der Waals surface area contributed by atoms with Crippen LogP contribution < -0.4 is 16.4 Å². The maximum atomic E-state index is 5.91. The van der Waals surface area contributed by atoms with Crippen LogP contribution in [-0.2, 0) is 0 Å². The number of aryl methyl sites for hydroxylation is 1. The molecule has 6 heteroatoms. The van der Waals surface area contributed by atoms with Crippen LogP contribution in [0.4, 0.5) is 11.5 Å². The molecule has 2 aromatic heterocycles. The molecule has 3 rings (SSSR count). The van der Waals surface area contributed by atoms with E-state index in [1.165, 1.54) is 19.9 Å². The van der Waals surface area contributed by atoms with Crippen LogP contribution in [0, 0.1) is 6.92 Å². The molecule has 0 unspecified atom stereocenters. The van der Waals surface area contributed by atoms with Crippen LogP contribution >= 0.6 is 0 Å². The van der Waals surface area contributed by atoms with Crippen molar-refractivity contribution in [3.63, 3.8) is 0 Å². The highest BCUT2D eigenvalue weighted by Crippen LogP contribution is 2.27. The van der Waals surface area contributed by atoms with Gasteiger partial charge in [0, 0.05) is 24.8 Å². The molecule has 1 aliphatic rings. The minimum atomic E-state index is 0.559. The van der Waals surface area contributed by atoms with Gasteiger partial charge in [-0.1, -0.05) is 0 Å². The van der Waals surface area contributed by atoms with Gasteiger partial charge < -0.3 is 16.4 Å². The molecule has 1 aliphatic heterocycles. The molecule has 0 aromatic carbocycles. The summed E-state index contributed by atoms with van der Waals surface area (Å²) in [4.78, 5) is 6.74.